The van der Waals surface area contributed by atoms with Gasteiger partial charge in [0, 0.05) is 13.6 Å². The van der Waals surface area contributed by atoms with Gasteiger partial charge in [0.2, 0.25) is 0 Å². The number of hydrogen-bond acceptors (Lipinski definition) is 5. The number of hydrogen-bond donors (Lipinski definition) is 2. The van der Waals surface area contributed by atoms with Crippen LogP contribution in [0.4, 0.5) is 4.79 Å². The van der Waals surface area contributed by atoms with E-state index in [0.717, 1.165) is 17.1 Å². The summed E-state index contributed by atoms with van der Waals surface area (Å²) >= 11 is 0. The van der Waals surface area contributed by atoms with Crippen LogP contribution in [0.15, 0.2) is 0 Å². The zero-order chi connectivity index (χ0) is 14.2. The van der Waals surface area contributed by atoms with Gasteiger partial charge in [-0.1, -0.05) is 6.42 Å². The second-order valence-electron chi connectivity index (χ2n) is 4.23. The number of ether oxygens (including phenoxy) is 1. The molecule has 0 unspecified atom stereocenters. The standard InChI is InChI=1S/C10H23N3O4S/c1-9(2)17-10(14)12-18(15,16)13(3)8-6-4-5-7-11/h9H,4-8,11H2,1-3H3,(H,12,14). The average molecular weight is 281 g/mol. The molecule has 0 aromatic heterocycles. The maximum absolute atomic E-state index is 11.7. The second-order valence-corrected chi connectivity index (χ2v) is 6.01. The number of carbonyl (C=O) groups is 1. The molecule has 3 N–H and O–H groups in total. The van der Waals surface area contributed by atoms with Gasteiger partial charge in [-0.3, -0.25) is 0 Å². The predicted octanol–water partition coefficient (Wildman–Crippen LogP) is 0.427. The van der Waals surface area contributed by atoms with Crippen LogP contribution in [0.3, 0.4) is 0 Å². The van der Waals surface area contributed by atoms with Gasteiger partial charge >= 0.3 is 16.3 Å². The molecule has 0 aromatic rings. The molecule has 108 valence electrons. The van der Waals surface area contributed by atoms with Gasteiger partial charge in [0.25, 0.3) is 0 Å². The number of nitrogens with one attached hydrogen (secondary N) is 1. The molecule has 0 aromatic carbocycles. The summed E-state index contributed by atoms with van der Waals surface area (Å²) in [6.45, 7) is 4.21. The fraction of sp³-hybridized carbons (Fsp3) is 0.900. The summed E-state index contributed by atoms with van der Waals surface area (Å²) in [6, 6.07) is 0. The molecule has 0 atom stereocenters. The fourth-order valence-electron chi connectivity index (χ4n) is 1.20. The fourth-order valence-corrected chi connectivity index (χ4v) is 1.98. The van der Waals surface area contributed by atoms with Crippen molar-refractivity contribution in [1.29, 1.82) is 0 Å². The van der Waals surface area contributed by atoms with E-state index >= 15 is 0 Å². The Morgan fingerprint density at radius 3 is 2.44 bits per heavy atom. The molecule has 7 nitrogen and oxygen atoms in total. The van der Waals surface area contributed by atoms with E-state index in [1.54, 1.807) is 13.8 Å². The lowest BCUT2D eigenvalue weighted by Crippen LogP contribution is -2.42. The van der Waals surface area contributed by atoms with Crippen LogP contribution < -0.4 is 10.5 Å². The maximum atomic E-state index is 11.7. The van der Waals surface area contributed by atoms with Gasteiger partial charge < -0.3 is 10.5 Å². The molecule has 1 amide bonds. The number of rotatable bonds is 8. The van der Waals surface area contributed by atoms with Crippen molar-refractivity contribution in [1.82, 2.24) is 9.03 Å². The number of nitrogens with zero attached hydrogens (tertiary/aromatic N) is 1. The predicted molar refractivity (Wildman–Crippen MR) is 69.2 cm³/mol. The first kappa shape index (κ1) is 17.1. The van der Waals surface area contributed by atoms with Crippen molar-refractivity contribution >= 4 is 16.3 Å². The molecule has 0 aliphatic heterocycles. The second kappa shape index (κ2) is 8.28. The van der Waals surface area contributed by atoms with Crippen LogP contribution in [0.25, 0.3) is 0 Å². The van der Waals surface area contributed by atoms with Crippen LogP contribution in [0.5, 0.6) is 0 Å². The van der Waals surface area contributed by atoms with Gasteiger partial charge in [-0.2, -0.15) is 12.7 Å². The minimum atomic E-state index is -3.81. The quantitative estimate of drug-likeness (QED) is 0.628. The third-order valence-electron chi connectivity index (χ3n) is 2.14. The Hall–Kier alpha value is -0.860. The van der Waals surface area contributed by atoms with Gasteiger partial charge in [0.15, 0.2) is 0 Å². The third kappa shape index (κ3) is 7.46. The lowest BCUT2D eigenvalue weighted by atomic mass is 10.2. The summed E-state index contributed by atoms with van der Waals surface area (Å²) in [5.41, 5.74) is 5.34. The minimum Gasteiger partial charge on any atom is -0.446 e. The highest BCUT2D eigenvalue weighted by Crippen LogP contribution is 2.01. The Kier molecular flexibility index (Phi) is 7.88. The number of nitrogens with two attached hydrogens (primary N) is 1. The van der Waals surface area contributed by atoms with Gasteiger partial charge in [0.1, 0.15) is 0 Å². The van der Waals surface area contributed by atoms with Crippen molar-refractivity contribution in [2.75, 3.05) is 20.1 Å². The van der Waals surface area contributed by atoms with Gasteiger partial charge in [-0.05, 0) is 33.2 Å². The zero-order valence-electron chi connectivity index (χ0n) is 11.2. The topological polar surface area (TPSA) is 102 Å². The number of unbranched alkanes of at least 4 members (excludes halogenated alkanes) is 2. The normalized spacial score (nSPS) is 11.9. The molecule has 0 bridgehead atoms. The summed E-state index contributed by atoms with van der Waals surface area (Å²) < 4.78 is 31.0. The molecule has 0 aliphatic carbocycles. The van der Waals surface area contributed by atoms with Crippen molar-refractivity contribution in [2.24, 2.45) is 5.73 Å². The molecule has 0 heterocycles. The van der Waals surface area contributed by atoms with Crippen molar-refractivity contribution in [3.63, 3.8) is 0 Å². The molecule has 8 heteroatoms. The van der Waals surface area contributed by atoms with Gasteiger partial charge in [0.05, 0.1) is 6.10 Å². The highest BCUT2D eigenvalue weighted by atomic mass is 32.2. The summed E-state index contributed by atoms with van der Waals surface area (Å²) in [5.74, 6) is 0. The van der Waals surface area contributed by atoms with E-state index < -0.39 is 16.3 Å². The first-order valence-corrected chi connectivity index (χ1v) is 7.38. The summed E-state index contributed by atoms with van der Waals surface area (Å²) in [7, 11) is -2.40. The lowest BCUT2D eigenvalue weighted by molar-refractivity contribution is 0.121. The van der Waals surface area contributed by atoms with Crippen molar-refractivity contribution in [3.05, 3.63) is 0 Å². The number of carbonyl (C=O) groups excluding carboxylic acids is 1. The summed E-state index contributed by atoms with van der Waals surface area (Å²) in [5, 5.41) is 0. The Morgan fingerprint density at radius 2 is 1.94 bits per heavy atom. The Balaban J connectivity index is 4.15. The highest BCUT2D eigenvalue weighted by molar-refractivity contribution is 7.87. The summed E-state index contributed by atoms with van der Waals surface area (Å²) in [4.78, 5) is 11.2. The van der Waals surface area contributed by atoms with E-state index in [9.17, 15) is 13.2 Å². The molecule has 0 radical (unpaired) electrons. The number of amides is 1. The van der Waals surface area contributed by atoms with Crippen LogP contribution in [0.2, 0.25) is 0 Å². The monoisotopic (exact) mass is 281 g/mol. The Morgan fingerprint density at radius 1 is 1.33 bits per heavy atom. The molecule has 0 fully saturated rings. The summed E-state index contributed by atoms with van der Waals surface area (Å²) in [6.07, 6.45) is 1.09. The van der Waals surface area contributed by atoms with E-state index in [2.05, 4.69) is 0 Å². The maximum Gasteiger partial charge on any atom is 0.422 e. The molecule has 0 saturated heterocycles. The van der Waals surface area contributed by atoms with Crippen molar-refractivity contribution in [2.45, 2.75) is 39.2 Å². The van der Waals surface area contributed by atoms with E-state index in [-0.39, 0.29) is 6.10 Å². The molecular formula is C10H23N3O4S. The first-order valence-electron chi connectivity index (χ1n) is 5.94. The van der Waals surface area contributed by atoms with Gasteiger partial charge in [-0.25, -0.2) is 9.52 Å². The van der Waals surface area contributed by atoms with Crippen LogP contribution in [0.1, 0.15) is 33.1 Å². The van der Waals surface area contributed by atoms with Crippen LogP contribution in [-0.2, 0) is 14.9 Å². The molecule has 0 spiro atoms. The smallest absolute Gasteiger partial charge is 0.422 e. The van der Waals surface area contributed by atoms with E-state index in [1.165, 1.54) is 7.05 Å². The average Bonchev–Trinajstić information content (AvgIpc) is 2.21. The van der Waals surface area contributed by atoms with Crippen molar-refractivity contribution in [3.8, 4) is 0 Å². The van der Waals surface area contributed by atoms with E-state index in [0.29, 0.717) is 19.5 Å². The van der Waals surface area contributed by atoms with Crippen LogP contribution >= 0.6 is 0 Å². The third-order valence-corrected chi connectivity index (χ3v) is 3.57. The Bertz CT molecular complexity index is 343. The largest absolute Gasteiger partial charge is 0.446 e. The van der Waals surface area contributed by atoms with Gasteiger partial charge in [-0.15, -0.1) is 0 Å². The highest BCUT2D eigenvalue weighted by Gasteiger charge is 2.21. The first-order chi connectivity index (χ1) is 8.29. The molecule has 0 rings (SSSR count). The minimum absolute atomic E-state index is 0.338. The molecular weight excluding hydrogens is 258 g/mol. The van der Waals surface area contributed by atoms with Crippen LogP contribution in [0, 0.1) is 0 Å². The molecule has 0 saturated carbocycles. The molecule has 0 aliphatic rings. The zero-order valence-corrected chi connectivity index (χ0v) is 12.0. The van der Waals surface area contributed by atoms with Crippen molar-refractivity contribution < 1.29 is 17.9 Å². The lowest BCUT2D eigenvalue weighted by Gasteiger charge is -2.17. The molecule has 18 heavy (non-hydrogen) atoms. The SMILES string of the molecule is CC(C)OC(=O)NS(=O)(=O)N(C)CCCCCN. The van der Waals surface area contributed by atoms with E-state index in [1.807, 2.05) is 4.72 Å². The van der Waals surface area contributed by atoms with Crippen LogP contribution in [-0.4, -0.2) is 45.1 Å². The van der Waals surface area contributed by atoms with E-state index in [4.69, 9.17) is 10.5 Å². The Labute approximate surface area is 109 Å².